The van der Waals surface area contributed by atoms with Gasteiger partial charge in [0.1, 0.15) is 10.6 Å². The van der Waals surface area contributed by atoms with Gasteiger partial charge in [-0.2, -0.15) is 4.31 Å². The van der Waals surface area contributed by atoms with Crippen LogP contribution < -0.4 is 4.74 Å². The van der Waals surface area contributed by atoms with Gasteiger partial charge in [-0.15, -0.1) is 0 Å². The molecule has 2 aliphatic rings. The minimum atomic E-state index is -3.54. The van der Waals surface area contributed by atoms with E-state index in [2.05, 4.69) is 17.1 Å². The molecular formula is C25H33N3O4S. The summed E-state index contributed by atoms with van der Waals surface area (Å²) < 4.78 is 32.3. The minimum Gasteiger partial charge on any atom is -0.497 e. The number of amides is 1. The van der Waals surface area contributed by atoms with E-state index >= 15 is 0 Å². The van der Waals surface area contributed by atoms with E-state index in [1.807, 2.05) is 17.0 Å². The number of likely N-dealkylation sites (tertiary alicyclic amines) is 1. The average molecular weight is 472 g/mol. The normalized spacial score (nSPS) is 18.9. The Morgan fingerprint density at radius 1 is 1.03 bits per heavy atom. The molecule has 178 valence electrons. The van der Waals surface area contributed by atoms with Crippen LogP contribution in [0.15, 0.2) is 53.7 Å². The van der Waals surface area contributed by atoms with E-state index in [0.29, 0.717) is 31.8 Å². The Morgan fingerprint density at radius 2 is 1.73 bits per heavy atom. The third-order valence-corrected chi connectivity index (χ3v) is 8.88. The second-order valence-electron chi connectivity index (χ2n) is 9.02. The van der Waals surface area contributed by atoms with Crippen LogP contribution in [0.2, 0.25) is 0 Å². The Bertz CT molecular complexity index is 1010. The number of ether oxygens (including phenoxy) is 1. The van der Waals surface area contributed by atoms with Crippen molar-refractivity contribution in [1.29, 1.82) is 0 Å². The van der Waals surface area contributed by atoms with Crippen LogP contribution in [-0.2, 0) is 21.2 Å². The molecular weight excluding hydrogens is 438 g/mol. The molecule has 2 saturated heterocycles. The molecule has 33 heavy (non-hydrogen) atoms. The molecule has 0 bridgehead atoms. The Labute approximate surface area is 196 Å². The first kappa shape index (κ1) is 23.7. The van der Waals surface area contributed by atoms with Gasteiger partial charge in [-0.05, 0) is 74.3 Å². The predicted molar refractivity (Wildman–Crippen MR) is 126 cm³/mol. The molecule has 2 aliphatic heterocycles. The first-order chi connectivity index (χ1) is 16.0. The van der Waals surface area contributed by atoms with Crippen LogP contribution in [0.25, 0.3) is 0 Å². The highest BCUT2D eigenvalue weighted by Crippen LogP contribution is 2.28. The largest absolute Gasteiger partial charge is 0.497 e. The van der Waals surface area contributed by atoms with E-state index in [-0.39, 0.29) is 16.7 Å². The Morgan fingerprint density at radius 3 is 2.33 bits per heavy atom. The van der Waals surface area contributed by atoms with Gasteiger partial charge in [-0.1, -0.05) is 12.1 Å². The van der Waals surface area contributed by atoms with Gasteiger partial charge in [0.15, 0.2) is 0 Å². The molecule has 0 spiro atoms. The number of sulfonamides is 1. The molecule has 1 aromatic carbocycles. The van der Waals surface area contributed by atoms with E-state index < -0.39 is 10.0 Å². The Hall–Kier alpha value is -2.45. The first-order valence-corrected chi connectivity index (χ1v) is 13.2. The van der Waals surface area contributed by atoms with Gasteiger partial charge in [0.25, 0.3) is 0 Å². The molecule has 8 heteroatoms. The monoisotopic (exact) mass is 471 g/mol. The average Bonchev–Trinajstić information content (AvgIpc) is 2.88. The Balaban J connectivity index is 1.21. The second kappa shape index (κ2) is 10.7. The number of piperidine rings is 2. The smallest absolute Gasteiger partial charge is 0.244 e. The number of benzene rings is 1. The molecule has 1 amide bonds. The number of hydrogen-bond acceptors (Lipinski definition) is 5. The van der Waals surface area contributed by atoms with Gasteiger partial charge in [0, 0.05) is 44.5 Å². The van der Waals surface area contributed by atoms with Crippen molar-refractivity contribution in [2.24, 2.45) is 11.8 Å². The summed E-state index contributed by atoms with van der Waals surface area (Å²) in [5.74, 6) is 1.64. The van der Waals surface area contributed by atoms with Crippen LogP contribution in [0.4, 0.5) is 0 Å². The van der Waals surface area contributed by atoms with Crippen molar-refractivity contribution in [2.75, 3.05) is 33.3 Å². The van der Waals surface area contributed by atoms with Crippen molar-refractivity contribution in [2.45, 2.75) is 43.4 Å². The lowest BCUT2D eigenvalue weighted by Crippen LogP contribution is -2.46. The summed E-state index contributed by atoms with van der Waals surface area (Å²) in [6.07, 6.45) is 8.36. The summed E-state index contributed by atoms with van der Waals surface area (Å²) in [7, 11) is -1.86. The number of nitrogens with zero attached hydrogens (tertiary/aromatic N) is 3. The maximum absolute atomic E-state index is 13.1. The van der Waals surface area contributed by atoms with Crippen molar-refractivity contribution in [3.8, 4) is 5.75 Å². The molecule has 7 nitrogen and oxygen atoms in total. The molecule has 0 saturated carbocycles. The summed E-state index contributed by atoms with van der Waals surface area (Å²) in [6.45, 7) is 2.37. The topological polar surface area (TPSA) is 79.8 Å². The maximum Gasteiger partial charge on any atom is 0.244 e. The number of hydrogen-bond donors (Lipinski definition) is 0. The van der Waals surface area contributed by atoms with E-state index in [1.54, 1.807) is 25.4 Å². The maximum atomic E-state index is 13.1. The van der Waals surface area contributed by atoms with Gasteiger partial charge in [-0.3, -0.25) is 9.78 Å². The number of rotatable bonds is 7. The van der Waals surface area contributed by atoms with E-state index in [1.165, 1.54) is 16.1 Å². The molecule has 0 atom stereocenters. The first-order valence-electron chi connectivity index (χ1n) is 11.8. The van der Waals surface area contributed by atoms with E-state index in [4.69, 9.17) is 4.74 Å². The van der Waals surface area contributed by atoms with Crippen LogP contribution in [0.5, 0.6) is 5.75 Å². The fourth-order valence-electron chi connectivity index (χ4n) is 4.86. The number of methoxy groups -OCH3 is 1. The van der Waals surface area contributed by atoms with E-state index in [9.17, 15) is 13.2 Å². The molecule has 3 heterocycles. The van der Waals surface area contributed by atoms with Gasteiger partial charge < -0.3 is 9.64 Å². The van der Waals surface area contributed by atoms with Crippen LogP contribution in [0.3, 0.4) is 0 Å². The number of aromatic nitrogens is 1. The standard InChI is InChI=1S/C25H33N3O4S/c1-32-23-8-6-20(7-9-23)4-5-21-10-15-27(16-11-21)25(29)22-12-17-28(18-13-22)33(30,31)24-3-2-14-26-19-24/h2-3,6-9,14,19,21-22H,4-5,10-13,15-18H2,1H3. The Kier molecular flexibility index (Phi) is 7.65. The third-order valence-electron chi connectivity index (χ3n) is 7.00. The summed E-state index contributed by atoms with van der Waals surface area (Å²) in [6, 6.07) is 11.5. The van der Waals surface area contributed by atoms with Gasteiger partial charge >= 0.3 is 0 Å². The summed E-state index contributed by atoms with van der Waals surface area (Å²) in [5.41, 5.74) is 1.32. The molecule has 0 unspecified atom stereocenters. The number of pyridine rings is 1. The predicted octanol–water partition coefficient (Wildman–Crippen LogP) is 3.36. The molecule has 4 rings (SSSR count). The van der Waals surface area contributed by atoms with Crippen LogP contribution >= 0.6 is 0 Å². The van der Waals surface area contributed by atoms with Gasteiger partial charge in [-0.25, -0.2) is 8.42 Å². The quantitative estimate of drug-likeness (QED) is 0.619. The van der Waals surface area contributed by atoms with Gasteiger partial charge in [0.2, 0.25) is 15.9 Å². The molecule has 0 aliphatic carbocycles. The zero-order valence-corrected chi connectivity index (χ0v) is 20.0. The highest BCUT2D eigenvalue weighted by atomic mass is 32.2. The van der Waals surface area contributed by atoms with Crippen molar-refractivity contribution < 1.29 is 17.9 Å². The van der Waals surface area contributed by atoms with Crippen molar-refractivity contribution in [1.82, 2.24) is 14.2 Å². The highest BCUT2D eigenvalue weighted by molar-refractivity contribution is 7.89. The third kappa shape index (κ3) is 5.73. The molecule has 2 aromatic rings. The molecule has 1 aromatic heterocycles. The SMILES string of the molecule is COc1ccc(CCC2CCN(C(=O)C3CCN(S(=O)(=O)c4cccnc4)CC3)CC2)cc1. The minimum absolute atomic E-state index is 0.0822. The fourth-order valence-corrected chi connectivity index (χ4v) is 6.29. The summed E-state index contributed by atoms with van der Waals surface area (Å²) in [4.78, 5) is 19.2. The zero-order chi connectivity index (χ0) is 23.3. The number of aryl methyl sites for hydroxylation is 1. The van der Waals surface area contributed by atoms with E-state index in [0.717, 1.165) is 44.5 Å². The summed E-state index contributed by atoms with van der Waals surface area (Å²) >= 11 is 0. The molecule has 0 N–H and O–H groups in total. The fraction of sp³-hybridized carbons (Fsp3) is 0.520. The van der Waals surface area contributed by atoms with Crippen molar-refractivity contribution in [3.63, 3.8) is 0 Å². The van der Waals surface area contributed by atoms with Crippen molar-refractivity contribution >= 4 is 15.9 Å². The zero-order valence-electron chi connectivity index (χ0n) is 19.2. The highest BCUT2D eigenvalue weighted by Gasteiger charge is 2.34. The lowest BCUT2D eigenvalue weighted by atomic mass is 9.89. The number of carbonyl (C=O) groups is 1. The van der Waals surface area contributed by atoms with Crippen LogP contribution in [0.1, 0.15) is 37.7 Å². The number of carbonyl (C=O) groups excluding carboxylic acids is 1. The molecule has 0 radical (unpaired) electrons. The van der Waals surface area contributed by atoms with Crippen LogP contribution in [0, 0.1) is 11.8 Å². The van der Waals surface area contributed by atoms with Gasteiger partial charge in [0.05, 0.1) is 7.11 Å². The second-order valence-corrected chi connectivity index (χ2v) is 11.0. The summed E-state index contributed by atoms with van der Waals surface area (Å²) in [5, 5.41) is 0. The van der Waals surface area contributed by atoms with Crippen LogP contribution in [-0.4, -0.2) is 61.8 Å². The lowest BCUT2D eigenvalue weighted by Gasteiger charge is -2.37. The lowest BCUT2D eigenvalue weighted by molar-refractivity contribution is -0.138. The molecule has 2 fully saturated rings. The van der Waals surface area contributed by atoms with Crippen molar-refractivity contribution in [3.05, 3.63) is 54.4 Å².